The molecular formula is C11H12BrFN2. The van der Waals surface area contributed by atoms with Crippen LogP contribution >= 0.6 is 15.9 Å². The van der Waals surface area contributed by atoms with Gasteiger partial charge >= 0.3 is 0 Å². The predicted octanol–water partition coefficient (Wildman–Crippen LogP) is 1.81. The van der Waals surface area contributed by atoms with E-state index in [4.69, 9.17) is 12.2 Å². The van der Waals surface area contributed by atoms with Gasteiger partial charge in [0, 0.05) is 17.1 Å². The van der Waals surface area contributed by atoms with E-state index < -0.39 is 0 Å². The van der Waals surface area contributed by atoms with E-state index in [9.17, 15) is 4.39 Å². The highest BCUT2D eigenvalue weighted by molar-refractivity contribution is 9.10. The molecule has 1 aromatic carbocycles. The van der Waals surface area contributed by atoms with E-state index >= 15 is 0 Å². The van der Waals surface area contributed by atoms with Crippen molar-refractivity contribution < 1.29 is 4.39 Å². The zero-order valence-corrected chi connectivity index (χ0v) is 9.72. The summed E-state index contributed by atoms with van der Waals surface area (Å²) < 4.78 is 13.5. The quantitative estimate of drug-likeness (QED) is 0.820. The minimum atomic E-state index is -0.279. The van der Waals surface area contributed by atoms with Crippen molar-refractivity contribution >= 4 is 15.9 Å². The average Bonchev–Trinajstić information content (AvgIpc) is 2.21. The maximum atomic E-state index is 12.9. The number of halogens is 2. The van der Waals surface area contributed by atoms with Crippen molar-refractivity contribution in [3.63, 3.8) is 0 Å². The lowest BCUT2D eigenvalue weighted by atomic mass is 10.1. The Morgan fingerprint density at radius 2 is 2.33 bits per heavy atom. The molecule has 80 valence electrons. The fourth-order valence-electron chi connectivity index (χ4n) is 1.29. The second kappa shape index (κ2) is 5.86. The summed E-state index contributed by atoms with van der Waals surface area (Å²) in [4.78, 5) is 0. The summed E-state index contributed by atoms with van der Waals surface area (Å²) in [6.07, 6.45) is 5.15. The summed E-state index contributed by atoms with van der Waals surface area (Å²) in [6, 6.07) is 4.45. The highest BCUT2D eigenvalue weighted by atomic mass is 79.9. The number of hydrogen-bond donors (Lipinski definition) is 2. The van der Waals surface area contributed by atoms with Crippen LogP contribution in [-0.2, 0) is 0 Å². The molecule has 1 aromatic rings. The normalized spacial score (nSPS) is 12.1. The third kappa shape index (κ3) is 3.31. The van der Waals surface area contributed by atoms with Crippen LogP contribution < -0.4 is 11.1 Å². The third-order valence-corrected chi connectivity index (χ3v) is 2.71. The summed E-state index contributed by atoms with van der Waals surface area (Å²) >= 11 is 3.29. The number of benzene rings is 1. The SMILES string of the molecule is C#CCNC(CN)c1ccc(F)cc1Br. The summed E-state index contributed by atoms with van der Waals surface area (Å²) in [7, 11) is 0. The highest BCUT2D eigenvalue weighted by Crippen LogP contribution is 2.23. The van der Waals surface area contributed by atoms with Crippen molar-refractivity contribution in [2.75, 3.05) is 13.1 Å². The van der Waals surface area contributed by atoms with Crippen molar-refractivity contribution in [2.45, 2.75) is 6.04 Å². The van der Waals surface area contributed by atoms with Gasteiger partial charge in [0.25, 0.3) is 0 Å². The predicted molar refractivity (Wildman–Crippen MR) is 62.7 cm³/mol. The Morgan fingerprint density at radius 1 is 1.60 bits per heavy atom. The zero-order valence-electron chi connectivity index (χ0n) is 8.13. The number of terminal acetylenes is 1. The first-order chi connectivity index (χ1) is 7.19. The summed E-state index contributed by atoms with van der Waals surface area (Å²) in [6.45, 7) is 0.845. The molecule has 0 amide bonds. The molecular weight excluding hydrogens is 259 g/mol. The molecule has 0 bridgehead atoms. The summed E-state index contributed by atoms with van der Waals surface area (Å²) in [5.41, 5.74) is 6.52. The van der Waals surface area contributed by atoms with Crippen molar-refractivity contribution in [1.29, 1.82) is 0 Å². The summed E-state index contributed by atoms with van der Waals surface area (Å²) in [5, 5.41) is 3.08. The standard InChI is InChI=1S/C11H12BrFN2/c1-2-5-15-11(7-14)9-4-3-8(13)6-10(9)12/h1,3-4,6,11,15H,5,7,14H2. The second-order valence-corrected chi connectivity index (χ2v) is 3.89. The largest absolute Gasteiger partial charge is 0.329 e. The van der Waals surface area contributed by atoms with E-state index in [0.29, 0.717) is 17.6 Å². The topological polar surface area (TPSA) is 38.0 Å². The van der Waals surface area contributed by atoms with Crippen LogP contribution in [0.1, 0.15) is 11.6 Å². The van der Waals surface area contributed by atoms with Gasteiger partial charge in [-0.2, -0.15) is 0 Å². The van der Waals surface area contributed by atoms with E-state index in [1.54, 1.807) is 6.07 Å². The van der Waals surface area contributed by atoms with Crippen molar-refractivity contribution in [3.8, 4) is 12.3 Å². The average molecular weight is 271 g/mol. The molecule has 15 heavy (non-hydrogen) atoms. The van der Waals surface area contributed by atoms with Crippen LogP contribution in [-0.4, -0.2) is 13.1 Å². The van der Waals surface area contributed by atoms with Gasteiger partial charge < -0.3 is 5.73 Å². The highest BCUT2D eigenvalue weighted by Gasteiger charge is 2.12. The lowest BCUT2D eigenvalue weighted by Crippen LogP contribution is -2.28. The van der Waals surface area contributed by atoms with Gasteiger partial charge in [-0.1, -0.05) is 27.9 Å². The van der Waals surface area contributed by atoms with Gasteiger partial charge in [0.2, 0.25) is 0 Å². The van der Waals surface area contributed by atoms with E-state index in [1.165, 1.54) is 12.1 Å². The molecule has 0 saturated heterocycles. The van der Waals surface area contributed by atoms with Gasteiger partial charge in [0.05, 0.1) is 6.54 Å². The van der Waals surface area contributed by atoms with Crippen LogP contribution in [0.4, 0.5) is 4.39 Å². The monoisotopic (exact) mass is 270 g/mol. The van der Waals surface area contributed by atoms with Crippen molar-refractivity contribution in [3.05, 3.63) is 34.1 Å². The number of nitrogens with one attached hydrogen (secondary N) is 1. The van der Waals surface area contributed by atoms with Gasteiger partial charge in [-0.15, -0.1) is 6.42 Å². The molecule has 1 atom stereocenters. The molecule has 3 N–H and O–H groups in total. The van der Waals surface area contributed by atoms with E-state index in [2.05, 4.69) is 27.2 Å². The first-order valence-corrected chi connectivity index (χ1v) is 5.30. The Bertz CT molecular complexity index is 373. The van der Waals surface area contributed by atoms with Gasteiger partial charge in [-0.3, -0.25) is 5.32 Å². The van der Waals surface area contributed by atoms with Crippen molar-refractivity contribution in [2.24, 2.45) is 5.73 Å². The molecule has 4 heteroatoms. The molecule has 0 aromatic heterocycles. The van der Waals surface area contributed by atoms with Crippen LogP contribution in [0.25, 0.3) is 0 Å². The lowest BCUT2D eigenvalue weighted by Gasteiger charge is -2.17. The van der Waals surface area contributed by atoms with Gasteiger partial charge in [0.1, 0.15) is 5.82 Å². The minimum Gasteiger partial charge on any atom is -0.329 e. The first-order valence-electron chi connectivity index (χ1n) is 4.51. The molecule has 0 saturated carbocycles. The zero-order chi connectivity index (χ0) is 11.3. The molecule has 0 aliphatic heterocycles. The van der Waals surface area contributed by atoms with Crippen LogP contribution in [0, 0.1) is 18.2 Å². The molecule has 0 aliphatic carbocycles. The molecule has 0 spiro atoms. The Labute approximate surface area is 97.2 Å². The minimum absolute atomic E-state index is 0.0592. The number of nitrogens with two attached hydrogens (primary N) is 1. The first kappa shape index (κ1) is 12.2. The third-order valence-electron chi connectivity index (χ3n) is 2.02. The molecule has 0 radical (unpaired) electrons. The van der Waals surface area contributed by atoms with Crippen LogP contribution in [0.3, 0.4) is 0 Å². The fraction of sp³-hybridized carbons (Fsp3) is 0.273. The van der Waals surface area contributed by atoms with Gasteiger partial charge in [-0.25, -0.2) is 4.39 Å². The van der Waals surface area contributed by atoms with E-state index in [-0.39, 0.29) is 11.9 Å². The second-order valence-electron chi connectivity index (χ2n) is 3.04. The smallest absolute Gasteiger partial charge is 0.124 e. The van der Waals surface area contributed by atoms with Crippen LogP contribution in [0.2, 0.25) is 0 Å². The Hall–Kier alpha value is -0.890. The molecule has 1 rings (SSSR count). The molecule has 1 unspecified atom stereocenters. The fourth-order valence-corrected chi connectivity index (χ4v) is 1.91. The maximum absolute atomic E-state index is 12.9. The van der Waals surface area contributed by atoms with E-state index in [1.807, 2.05) is 0 Å². The van der Waals surface area contributed by atoms with Crippen LogP contribution in [0.15, 0.2) is 22.7 Å². The maximum Gasteiger partial charge on any atom is 0.124 e. The Morgan fingerprint density at radius 3 is 2.87 bits per heavy atom. The molecule has 0 fully saturated rings. The van der Waals surface area contributed by atoms with E-state index in [0.717, 1.165) is 5.56 Å². The Kier molecular flexibility index (Phi) is 4.76. The summed E-state index contributed by atoms with van der Waals surface area (Å²) in [5.74, 6) is 2.20. The lowest BCUT2D eigenvalue weighted by molar-refractivity contribution is 0.575. The molecule has 0 heterocycles. The van der Waals surface area contributed by atoms with Gasteiger partial charge in [-0.05, 0) is 17.7 Å². The Balaban J connectivity index is 2.87. The molecule has 0 aliphatic rings. The molecule has 2 nitrogen and oxygen atoms in total. The van der Waals surface area contributed by atoms with Crippen molar-refractivity contribution in [1.82, 2.24) is 5.32 Å². The van der Waals surface area contributed by atoms with Gasteiger partial charge in [0.15, 0.2) is 0 Å². The number of hydrogen-bond acceptors (Lipinski definition) is 2. The van der Waals surface area contributed by atoms with Crippen LogP contribution in [0.5, 0.6) is 0 Å². The number of rotatable bonds is 4.